The van der Waals surface area contributed by atoms with E-state index in [-0.39, 0.29) is 0 Å². The SMILES string of the molecule is CCC(CSC)NC1CC(C)c2c(C)ccc(O)c21. The number of rotatable bonds is 5. The van der Waals surface area contributed by atoms with Crippen LogP contribution in [-0.2, 0) is 0 Å². The van der Waals surface area contributed by atoms with Crippen LogP contribution in [0.5, 0.6) is 5.75 Å². The zero-order chi connectivity index (χ0) is 14.0. The molecule has 1 aromatic carbocycles. The van der Waals surface area contributed by atoms with Crippen molar-refractivity contribution in [3.05, 3.63) is 28.8 Å². The van der Waals surface area contributed by atoms with Crippen molar-refractivity contribution in [2.75, 3.05) is 12.0 Å². The van der Waals surface area contributed by atoms with Gasteiger partial charge in [0.05, 0.1) is 0 Å². The Morgan fingerprint density at radius 2 is 2.16 bits per heavy atom. The van der Waals surface area contributed by atoms with Crippen molar-refractivity contribution < 1.29 is 5.11 Å². The molecule has 0 aromatic heterocycles. The van der Waals surface area contributed by atoms with Crippen LogP contribution in [0.15, 0.2) is 12.1 Å². The first kappa shape index (κ1) is 14.7. The molecule has 2 N–H and O–H groups in total. The van der Waals surface area contributed by atoms with Crippen LogP contribution in [0.2, 0.25) is 0 Å². The number of aromatic hydroxyl groups is 1. The zero-order valence-electron chi connectivity index (χ0n) is 12.4. The van der Waals surface area contributed by atoms with Gasteiger partial charge in [0, 0.05) is 23.4 Å². The van der Waals surface area contributed by atoms with Gasteiger partial charge in [0.15, 0.2) is 0 Å². The summed E-state index contributed by atoms with van der Waals surface area (Å²) in [6.07, 6.45) is 4.38. The van der Waals surface area contributed by atoms with Crippen molar-refractivity contribution in [3.8, 4) is 5.75 Å². The number of fused-ring (bicyclic) bond motifs is 1. The van der Waals surface area contributed by atoms with E-state index in [1.54, 1.807) is 0 Å². The monoisotopic (exact) mass is 279 g/mol. The van der Waals surface area contributed by atoms with Crippen LogP contribution < -0.4 is 5.32 Å². The number of thioether (sulfide) groups is 1. The minimum atomic E-state index is 0.307. The number of phenols is 1. The van der Waals surface area contributed by atoms with Gasteiger partial charge in [-0.15, -0.1) is 0 Å². The average molecular weight is 279 g/mol. The summed E-state index contributed by atoms with van der Waals surface area (Å²) in [5, 5.41) is 14.0. The smallest absolute Gasteiger partial charge is 0.120 e. The first-order valence-corrected chi connectivity index (χ1v) is 8.55. The molecule has 0 spiro atoms. The molecule has 3 heteroatoms. The largest absolute Gasteiger partial charge is 0.508 e. The van der Waals surface area contributed by atoms with E-state index in [4.69, 9.17) is 0 Å². The van der Waals surface area contributed by atoms with Gasteiger partial charge in [0.1, 0.15) is 5.75 Å². The molecule has 0 radical (unpaired) electrons. The lowest BCUT2D eigenvalue weighted by Crippen LogP contribution is -2.33. The first-order chi connectivity index (χ1) is 9.08. The summed E-state index contributed by atoms with van der Waals surface area (Å²) in [7, 11) is 0. The van der Waals surface area contributed by atoms with Crippen LogP contribution in [-0.4, -0.2) is 23.2 Å². The molecule has 2 rings (SSSR count). The fraction of sp³-hybridized carbons (Fsp3) is 0.625. The standard InChI is InChI=1S/C16H25NOS/c1-5-12(9-19-4)17-13-8-11(3)15-10(2)6-7-14(18)16(13)15/h6-7,11-13,17-18H,5,8-9H2,1-4H3. The van der Waals surface area contributed by atoms with Gasteiger partial charge in [-0.2, -0.15) is 11.8 Å². The minimum Gasteiger partial charge on any atom is -0.508 e. The topological polar surface area (TPSA) is 32.3 Å². The number of nitrogens with one attached hydrogen (secondary N) is 1. The Morgan fingerprint density at radius 3 is 2.79 bits per heavy atom. The molecule has 0 fully saturated rings. The third-order valence-corrected chi connectivity index (χ3v) is 4.95. The van der Waals surface area contributed by atoms with Gasteiger partial charge in [-0.3, -0.25) is 0 Å². The predicted octanol–water partition coefficient (Wildman–Crippen LogP) is 3.98. The van der Waals surface area contributed by atoms with E-state index in [0.29, 0.717) is 23.8 Å². The maximum Gasteiger partial charge on any atom is 0.120 e. The molecule has 0 saturated heterocycles. The third-order valence-electron chi connectivity index (χ3n) is 4.21. The second kappa shape index (κ2) is 6.19. The summed E-state index contributed by atoms with van der Waals surface area (Å²) in [6, 6.07) is 4.71. The van der Waals surface area contributed by atoms with Crippen LogP contribution in [0.3, 0.4) is 0 Å². The fourth-order valence-electron chi connectivity index (χ4n) is 3.26. The molecule has 0 heterocycles. The predicted molar refractivity (Wildman–Crippen MR) is 84.2 cm³/mol. The molecule has 0 bridgehead atoms. The van der Waals surface area contributed by atoms with Crippen molar-refractivity contribution in [1.29, 1.82) is 0 Å². The van der Waals surface area contributed by atoms with Crippen molar-refractivity contribution >= 4 is 11.8 Å². The maximum atomic E-state index is 10.2. The summed E-state index contributed by atoms with van der Waals surface area (Å²) < 4.78 is 0. The van der Waals surface area contributed by atoms with Crippen LogP contribution >= 0.6 is 11.8 Å². The molecule has 106 valence electrons. The van der Waals surface area contributed by atoms with Gasteiger partial charge in [-0.1, -0.05) is 19.9 Å². The van der Waals surface area contributed by atoms with Gasteiger partial charge in [0.2, 0.25) is 0 Å². The Labute approximate surface area is 121 Å². The molecule has 1 aliphatic carbocycles. The van der Waals surface area contributed by atoms with E-state index in [0.717, 1.165) is 24.2 Å². The highest BCUT2D eigenvalue weighted by Gasteiger charge is 2.32. The number of hydrogen-bond donors (Lipinski definition) is 2. The number of aryl methyl sites for hydroxylation is 1. The van der Waals surface area contributed by atoms with Gasteiger partial charge < -0.3 is 10.4 Å². The molecule has 0 aliphatic heterocycles. The summed E-state index contributed by atoms with van der Waals surface area (Å²) in [4.78, 5) is 0. The molecular weight excluding hydrogens is 254 g/mol. The summed E-state index contributed by atoms with van der Waals surface area (Å²) in [5.74, 6) is 2.12. The summed E-state index contributed by atoms with van der Waals surface area (Å²) in [6.45, 7) is 6.64. The van der Waals surface area contributed by atoms with E-state index >= 15 is 0 Å². The fourth-order valence-corrected chi connectivity index (χ4v) is 4.00. The first-order valence-electron chi connectivity index (χ1n) is 7.15. The van der Waals surface area contributed by atoms with Crippen molar-refractivity contribution in [2.45, 2.75) is 51.6 Å². The highest BCUT2D eigenvalue weighted by atomic mass is 32.2. The van der Waals surface area contributed by atoms with E-state index in [1.807, 2.05) is 23.9 Å². The average Bonchev–Trinajstić information content (AvgIpc) is 2.71. The Bertz CT molecular complexity index is 447. The Kier molecular flexibility index (Phi) is 4.80. The second-order valence-corrected chi connectivity index (χ2v) is 6.56. The summed E-state index contributed by atoms with van der Waals surface area (Å²) in [5.41, 5.74) is 3.81. The summed E-state index contributed by atoms with van der Waals surface area (Å²) >= 11 is 1.88. The molecule has 1 aromatic rings. The highest BCUT2D eigenvalue weighted by Crippen LogP contribution is 2.46. The normalized spacial score (nSPS) is 23.4. The molecule has 0 amide bonds. The highest BCUT2D eigenvalue weighted by molar-refractivity contribution is 7.98. The molecule has 19 heavy (non-hydrogen) atoms. The van der Waals surface area contributed by atoms with Gasteiger partial charge >= 0.3 is 0 Å². The Morgan fingerprint density at radius 1 is 1.42 bits per heavy atom. The second-order valence-electron chi connectivity index (χ2n) is 5.65. The van der Waals surface area contributed by atoms with Crippen LogP contribution in [0.1, 0.15) is 55.3 Å². The Hall–Kier alpha value is -0.670. The molecule has 3 unspecified atom stereocenters. The lowest BCUT2D eigenvalue weighted by molar-refractivity contribution is 0.415. The number of phenolic OH excluding ortho intramolecular Hbond substituents is 1. The number of hydrogen-bond acceptors (Lipinski definition) is 3. The number of benzene rings is 1. The van der Waals surface area contributed by atoms with E-state index in [2.05, 4.69) is 32.3 Å². The van der Waals surface area contributed by atoms with Crippen LogP contribution in [0.4, 0.5) is 0 Å². The van der Waals surface area contributed by atoms with Crippen molar-refractivity contribution in [2.24, 2.45) is 0 Å². The molecular formula is C16H25NOS. The quantitative estimate of drug-likeness (QED) is 0.855. The maximum absolute atomic E-state index is 10.2. The van der Waals surface area contributed by atoms with Crippen LogP contribution in [0.25, 0.3) is 0 Å². The minimum absolute atomic E-state index is 0.307. The van der Waals surface area contributed by atoms with Crippen LogP contribution in [0, 0.1) is 6.92 Å². The van der Waals surface area contributed by atoms with E-state index in [1.165, 1.54) is 11.1 Å². The zero-order valence-corrected chi connectivity index (χ0v) is 13.2. The molecule has 2 nitrogen and oxygen atoms in total. The van der Waals surface area contributed by atoms with Gasteiger partial charge in [-0.25, -0.2) is 0 Å². The Balaban J connectivity index is 2.26. The van der Waals surface area contributed by atoms with Gasteiger partial charge in [0.25, 0.3) is 0 Å². The van der Waals surface area contributed by atoms with Gasteiger partial charge in [-0.05, 0) is 49.1 Å². The molecule has 3 atom stereocenters. The molecule has 1 aliphatic rings. The third kappa shape index (κ3) is 2.92. The molecule has 0 saturated carbocycles. The van der Waals surface area contributed by atoms with Crippen molar-refractivity contribution in [1.82, 2.24) is 5.32 Å². The van der Waals surface area contributed by atoms with Crippen molar-refractivity contribution in [3.63, 3.8) is 0 Å². The lowest BCUT2D eigenvalue weighted by Gasteiger charge is -2.22. The van der Waals surface area contributed by atoms with E-state index in [9.17, 15) is 5.11 Å². The lowest BCUT2D eigenvalue weighted by atomic mass is 9.97. The van der Waals surface area contributed by atoms with E-state index < -0.39 is 0 Å².